The summed E-state index contributed by atoms with van der Waals surface area (Å²) in [5, 5.41) is 3.13. The van der Waals surface area contributed by atoms with Gasteiger partial charge in [-0.2, -0.15) is 0 Å². The van der Waals surface area contributed by atoms with Crippen LogP contribution in [-0.4, -0.2) is 5.96 Å². The van der Waals surface area contributed by atoms with E-state index in [-0.39, 0.29) is 0 Å². The molecule has 0 unspecified atom stereocenters. The number of rotatable bonds is 4. The zero-order valence-corrected chi connectivity index (χ0v) is 11.6. The van der Waals surface area contributed by atoms with Crippen molar-refractivity contribution in [1.82, 2.24) is 5.43 Å². The first kappa shape index (κ1) is 14.1. The summed E-state index contributed by atoms with van der Waals surface area (Å²) in [6.07, 6.45) is 2.24. The maximum absolute atomic E-state index is 5.50. The first-order valence-corrected chi connectivity index (χ1v) is 6.78. The topological polar surface area (TPSA) is 62.4 Å². The van der Waals surface area contributed by atoms with Crippen molar-refractivity contribution in [2.75, 3.05) is 5.32 Å². The van der Waals surface area contributed by atoms with E-state index in [0.717, 1.165) is 24.2 Å². The second kappa shape index (κ2) is 7.31. The van der Waals surface area contributed by atoms with E-state index < -0.39 is 0 Å². The Morgan fingerprint density at radius 2 is 1.75 bits per heavy atom. The Hall–Kier alpha value is -2.33. The molecule has 2 aromatic carbocycles. The Morgan fingerprint density at radius 3 is 2.35 bits per heavy atom. The molecule has 2 rings (SSSR count). The lowest BCUT2D eigenvalue weighted by Gasteiger charge is -2.09. The predicted molar refractivity (Wildman–Crippen MR) is 84.9 cm³/mol. The Morgan fingerprint density at radius 1 is 1.05 bits per heavy atom. The first-order chi connectivity index (χ1) is 9.81. The molecule has 0 spiro atoms. The Kier molecular flexibility index (Phi) is 5.15. The molecule has 0 aromatic heterocycles. The third-order valence-electron chi connectivity index (χ3n) is 2.89. The monoisotopic (exact) mass is 268 g/mol. The van der Waals surface area contributed by atoms with Crippen LogP contribution in [0.5, 0.6) is 0 Å². The summed E-state index contributed by atoms with van der Waals surface area (Å²) in [6, 6.07) is 18.0. The number of aliphatic imine (C=N–C) groups is 1. The molecule has 0 heterocycles. The number of nitrogens with one attached hydrogen (secondary N) is 2. The molecule has 0 fully saturated rings. The van der Waals surface area contributed by atoms with Gasteiger partial charge >= 0.3 is 0 Å². The van der Waals surface area contributed by atoms with E-state index in [4.69, 9.17) is 5.84 Å². The number of nitrogens with two attached hydrogens (primary N) is 1. The largest absolute Gasteiger partial charge is 0.325 e. The van der Waals surface area contributed by atoms with Crippen LogP contribution < -0.4 is 16.6 Å². The molecule has 0 atom stereocenters. The summed E-state index contributed by atoms with van der Waals surface area (Å²) >= 11 is 0. The number of para-hydroxylation sites is 1. The van der Waals surface area contributed by atoms with Crippen LogP contribution in [0.2, 0.25) is 0 Å². The van der Waals surface area contributed by atoms with Crippen molar-refractivity contribution in [2.45, 2.75) is 19.8 Å². The van der Waals surface area contributed by atoms with Gasteiger partial charge in [-0.15, -0.1) is 0 Å². The molecule has 0 saturated heterocycles. The summed E-state index contributed by atoms with van der Waals surface area (Å²) in [5.74, 6) is 6.02. The standard InChI is InChI=1S/C16H20N4/c1-2-6-13-9-11-15(12-10-13)19-16(20-17)18-14-7-4-3-5-8-14/h3-5,7-12H,2,6,17H2,1H3,(H2,18,19,20). The van der Waals surface area contributed by atoms with Crippen molar-refractivity contribution in [1.29, 1.82) is 0 Å². The van der Waals surface area contributed by atoms with Crippen molar-refractivity contribution in [3.05, 3.63) is 60.2 Å². The van der Waals surface area contributed by atoms with Gasteiger partial charge in [-0.1, -0.05) is 43.7 Å². The zero-order valence-electron chi connectivity index (χ0n) is 11.6. The van der Waals surface area contributed by atoms with Gasteiger partial charge in [-0.05, 0) is 36.2 Å². The number of anilines is 1. The molecule has 2 aromatic rings. The van der Waals surface area contributed by atoms with Crippen LogP contribution in [0.25, 0.3) is 0 Å². The van der Waals surface area contributed by atoms with E-state index in [2.05, 4.69) is 34.8 Å². The number of aryl methyl sites for hydroxylation is 1. The van der Waals surface area contributed by atoms with E-state index in [1.54, 1.807) is 0 Å². The van der Waals surface area contributed by atoms with Gasteiger partial charge in [-0.3, -0.25) is 5.43 Å². The van der Waals surface area contributed by atoms with Gasteiger partial charge in [0.1, 0.15) is 0 Å². The smallest absolute Gasteiger partial charge is 0.215 e. The number of hydrogen-bond acceptors (Lipinski definition) is 2. The van der Waals surface area contributed by atoms with Crippen molar-refractivity contribution >= 4 is 17.3 Å². The summed E-state index contributed by atoms with van der Waals surface area (Å²) in [5.41, 5.74) is 5.70. The summed E-state index contributed by atoms with van der Waals surface area (Å²) in [6.45, 7) is 2.17. The van der Waals surface area contributed by atoms with Crippen LogP contribution in [0.1, 0.15) is 18.9 Å². The lowest BCUT2D eigenvalue weighted by atomic mass is 10.1. The average Bonchev–Trinajstić information content (AvgIpc) is 2.50. The minimum Gasteiger partial charge on any atom is -0.325 e. The van der Waals surface area contributed by atoms with Crippen LogP contribution in [0, 0.1) is 0 Å². The minimum absolute atomic E-state index is 0.513. The number of benzene rings is 2. The fraction of sp³-hybridized carbons (Fsp3) is 0.188. The van der Waals surface area contributed by atoms with Crippen molar-refractivity contribution in [3.8, 4) is 0 Å². The van der Waals surface area contributed by atoms with Gasteiger partial charge in [-0.25, -0.2) is 10.8 Å². The quantitative estimate of drug-likeness (QED) is 0.345. The molecule has 0 aliphatic carbocycles. The normalized spacial score (nSPS) is 11.2. The molecule has 0 bridgehead atoms. The molecule has 0 aliphatic rings. The number of hydrogen-bond donors (Lipinski definition) is 3. The van der Waals surface area contributed by atoms with Crippen LogP contribution >= 0.6 is 0 Å². The molecule has 104 valence electrons. The molecule has 4 heteroatoms. The average molecular weight is 268 g/mol. The third kappa shape index (κ3) is 4.10. The highest BCUT2D eigenvalue weighted by Gasteiger charge is 1.98. The molecular formula is C16H20N4. The highest BCUT2D eigenvalue weighted by atomic mass is 15.3. The molecule has 0 saturated carbocycles. The SMILES string of the molecule is CCCc1ccc(N=C(NN)Nc2ccccc2)cc1. The highest BCUT2D eigenvalue weighted by Crippen LogP contribution is 2.14. The highest BCUT2D eigenvalue weighted by molar-refractivity contribution is 5.94. The molecule has 20 heavy (non-hydrogen) atoms. The van der Waals surface area contributed by atoms with Crippen LogP contribution in [0.15, 0.2) is 59.6 Å². The summed E-state index contributed by atoms with van der Waals surface area (Å²) in [7, 11) is 0. The molecule has 0 amide bonds. The van der Waals surface area contributed by atoms with Crippen molar-refractivity contribution in [3.63, 3.8) is 0 Å². The number of nitrogens with zero attached hydrogens (tertiary/aromatic N) is 1. The van der Waals surface area contributed by atoms with Crippen LogP contribution in [0.3, 0.4) is 0 Å². The van der Waals surface area contributed by atoms with Gasteiger partial charge in [0.05, 0.1) is 5.69 Å². The number of guanidine groups is 1. The Balaban J connectivity index is 2.10. The second-order valence-corrected chi connectivity index (χ2v) is 4.51. The zero-order chi connectivity index (χ0) is 14.2. The summed E-state index contributed by atoms with van der Waals surface area (Å²) in [4.78, 5) is 4.44. The maximum atomic E-state index is 5.50. The molecule has 4 nitrogen and oxygen atoms in total. The van der Waals surface area contributed by atoms with Crippen LogP contribution in [0.4, 0.5) is 11.4 Å². The van der Waals surface area contributed by atoms with E-state index in [1.165, 1.54) is 5.56 Å². The third-order valence-corrected chi connectivity index (χ3v) is 2.89. The fourth-order valence-corrected chi connectivity index (χ4v) is 1.91. The van der Waals surface area contributed by atoms with Gasteiger partial charge in [0.15, 0.2) is 0 Å². The minimum atomic E-state index is 0.513. The molecule has 4 N–H and O–H groups in total. The summed E-state index contributed by atoms with van der Waals surface area (Å²) < 4.78 is 0. The van der Waals surface area contributed by atoms with E-state index in [0.29, 0.717) is 5.96 Å². The first-order valence-electron chi connectivity index (χ1n) is 6.78. The number of hydrazine groups is 1. The predicted octanol–water partition coefficient (Wildman–Crippen LogP) is 3.20. The molecular weight excluding hydrogens is 248 g/mol. The van der Waals surface area contributed by atoms with Gasteiger partial charge in [0, 0.05) is 5.69 Å². The van der Waals surface area contributed by atoms with E-state index >= 15 is 0 Å². The van der Waals surface area contributed by atoms with Gasteiger partial charge in [0.25, 0.3) is 0 Å². The van der Waals surface area contributed by atoms with E-state index in [1.807, 2.05) is 42.5 Å². The fourth-order valence-electron chi connectivity index (χ4n) is 1.91. The van der Waals surface area contributed by atoms with Crippen molar-refractivity contribution in [2.24, 2.45) is 10.8 Å². The lowest BCUT2D eigenvalue weighted by Crippen LogP contribution is -2.35. The Bertz CT molecular complexity index is 546. The lowest BCUT2D eigenvalue weighted by molar-refractivity contribution is 0.922. The van der Waals surface area contributed by atoms with Crippen molar-refractivity contribution < 1.29 is 0 Å². The molecule has 0 aliphatic heterocycles. The maximum Gasteiger partial charge on any atom is 0.215 e. The van der Waals surface area contributed by atoms with E-state index in [9.17, 15) is 0 Å². The Labute approximate surface area is 119 Å². The van der Waals surface area contributed by atoms with Gasteiger partial charge in [0.2, 0.25) is 5.96 Å². The van der Waals surface area contributed by atoms with Crippen LogP contribution in [-0.2, 0) is 6.42 Å². The van der Waals surface area contributed by atoms with Gasteiger partial charge < -0.3 is 5.32 Å². The second-order valence-electron chi connectivity index (χ2n) is 4.51. The molecule has 0 radical (unpaired) electrons.